The Labute approximate surface area is 138 Å². The molecule has 1 atom stereocenters. The molecule has 9 heteroatoms. The topological polar surface area (TPSA) is 110 Å². The number of carboxylic acids is 1. The fourth-order valence-electron chi connectivity index (χ4n) is 2.00. The third-order valence-corrected chi connectivity index (χ3v) is 3.26. The Bertz CT molecular complexity index is 647. The van der Waals surface area contributed by atoms with Crippen molar-refractivity contribution in [1.82, 2.24) is 0 Å². The smallest absolute Gasteiger partial charge is 0.346 e. The van der Waals surface area contributed by atoms with Crippen molar-refractivity contribution in [3.63, 3.8) is 0 Å². The lowest BCUT2D eigenvalue weighted by atomic mass is 10.1. The minimum atomic E-state index is -1.90. The Morgan fingerprint density at radius 2 is 2.04 bits per heavy atom. The zero-order valence-corrected chi connectivity index (χ0v) is 13.6. The molecule has 0 unspecified atom stereocenters. The van der Waals surface area contributed by atoms with Crippen molar-refractivity contribution in [2.75, 3.05) is 19.0 Å². The van der Waals surface area contributed by atoms with Gasteiger partial charge in [-0.1, -0.05) is 19.8 Å². The van der Waals surface area contributed by atoms with E-state index in [4.69, 9.17) is 9.84 Å². The van der Waals surface area contributed by atoms with Crippen LogP contribution in [-0.4, -0.2) is 42.2 Å². The van der Waals surface area contributed by atoms with Crippen LogP contribution in [0.25, 0.3) is 0 Å². The molecule has 0 aliphatic heterocycles. The number of hydrogen-bond acceptors (Lipinski definition) is 6. The summed E-state index contributed by atoms with van der Waals surface area (Å²) in [5.74, 6) is -3.09. The van der Waals surface area contributed by atoms with Crippen molar-refractivity contribution in [1.29, 1.82) is 0 Å². The highest BCUT2D eigenvalue weighted by atomic mass is 19.1. The van der Waals surface area contributed by atoms with E-state index in [1.165, 1.54) is 19.0 Å². The maximum Gasteiger partial charge on any atom is 0.346 e. The van der Waals surface area contributed by atoms with E-state index in [1.54, 1.807) is 0 Å². The van der Waals surface area contributed by atoms with Gasteiger partial charge >= 0.3 is 17.6 Å². The Kier molecular flexibility index (Phi) is 6.63. The fraction of sp³-hybridized carbons (Fsp3) is 0.467. The van der Waals surface area contributed by atoms with Crippen molar-refractivity contribution in [3.8, 4) is 5.75 Å². The second-order valence-electron chi connectivity index (χ2n) is 5.32. The van der Waals surface area contributed by atoms with Crippen LogP contribution in [0, 0.1) is 10.1 Å². The van der Waals surface area contributed by atoms with Crippen LogP contribution in [-0.2, 0) is 4.79 Å². The normalized spacial score (nSPS) is 11.7. The zero-order chi connectivity index (χ0) is 18.4. The van der Waals surface area contributed by atoms with Crippen LogP contribution in [0.2, 0.25) is 0 Å². The summed E-state index contributed by atoms with van der Waals surface area (Å²) in [5, 5.41) is 20.3. The van der Waals surface area contributed by atoms with Gasteiger partial charge in [-0.05, 0) is 6.42 Å². The molecule has 0 aliphatic rings. The summed E-state index contributed by atoms with van der Waals surface area (Å²) in [6.45, 7) is 1.83. The summed E-state index contributed by atoms with van der Waals surface area (Å²) < 4.78 is 18.5. The number of anilines is 1. The highest BCUT2D eigenvalue weighted by Crippen LogP contribution is 2.35. The van der Waals surface area contributed by atoms with E-state index < -0.39 is 34.5 Å². The van der Waals surface area contributed by atoms with Gasteiger partial charge in [-0.25, -0.2) is 14.0 Å². The average Bonchev–Trinajstić information content (AvgIpc) is 2.51. The molecule has 1 rings (SSSR count). The lowest BCUT2D eigenvalue weighted by Gasteiger charge is -2.17. The minimum Gasteiger partial charge on any atom is -0.478 e. The molecule has 0 saturated heterocycles. The number of esters is 1. The number of carboxylic acid groups (broad SMARTS) is 1. The van der Waals surface area contributed by atoms with Gasteiger partial charge in [-0.15, -0.1) is 0 Å². The van der Waals surface area contributed by atoms with Crippen LogP contribution in [0.5, 0.6) is 5.75 Å². The quantitative estimate of drug-likeness (QED) is 0.335. The first-order valence-electron chi connectivity index (χ1n) is 7.27. The third-order valence-electron chi connectivity index (χ3n) is 3.26. The summed E-state index contributed by atoms with van der Waals surface area (Å²) in [6, 6.07) is 1.84. The van der Waals surface area contributed by atoms with E-state index in [1.807, 2.05) is 6.92 Å². The maximum absolute atomic E-state index is 13.7. The predicted octanol–water partition coefficient (Wildman–Crippen LogP) is 2.79. The summed E-state index contributed by atoms with van der Waals surface area (Å²) in [6.07, 6.45) is -0.784. The van der Waals surface area contributed by atoms with Gasteiger partial charge in [-0.3, -0.25) is 10.1 Å². The molecule has 0 radical (unpaired) electrons. The highest BCUT2D eigenvalue weighted by molar-refractivity contribution is 5.96. The highest BCUT2D eigenvalue weighted by Gasteiger charge is 2.27. The van der Waals surface area contributed by atoms with E-state index in [0.717, 1.165) is 12.1 Å². The second-order valence-corrected chi connectivity index (χ2v) is 5.32. The molecular weight excluding hydrogens is 323 g/mol. The molecule has 0 bridgehead atoms. The molecule has 0 aromatic heterocycles. The van der Waals surface area contributed by atoms with Gasteiger partial charge in [0.1, 0.15) is 0 Å². The Balaban J connectivity index is 3.25. The fourth-order valence-corrected chi connectivity index (χ4v) is 2.00. The van der Waals surface area contributed by atoms with Crippen LogP contribution in [0.3, 0.4) is 0 Å². The molecule has 1 N–H and O–H groups in total. The SMILES string of the molecule is CCCC[C@@H](F)C(=O)Oc1cc(N(C)C)c(C(=O)O)cc1[N+](=O)[O-]. The summed E-state index contributed by atoms with van der Waals surface area (Å²) in [7, 11) is 3.05. The van der Waals surface area contributed by atoms with Crippen molar-refractivity contribution in [2.24, 2.45) is 0 Å². The number of carbonyl (C=O) groups is 2. The summed E-state index contributed by atoms with van der Waals surface area (Å²) in [5.41, 5.74) is -0.941. The minimum absolute atomic E-state index is 0.0448. The maximum atomic E-state index is 13.7. The van der Waals surface area contributed by atoms with Crippen LogP contribution >= 0.6 is 0 Å². The summed E-state index contributed by atoms with van der Waals surface area (Å²) >= 11 is 0. The number of nitro groups is 1. The molecule has 1 aromatic rings. The van der Waals surface area contributed by atoms with Gasteiger partial charge in [0.05, 0.1) is 16.2 Å². The van der Waals surface area contributed by atoms with Crippen LogP contribution in [0.4, 0.5) is 15.8 Å². The molecule has 0 saturated carbocycles. The van der Waals surface area contributed by atoms with E-state index in [-0.39, 0.29) is 17.7 Å². The first-order valence-corrected chi connectivity index (χ1v) is 7.27. The number of aromatic carboxylic acids is 1. The molecule has 1 aromatic carbocycles. The molecule has 0 spiro atoms. The number of carbonyl (C=O) groups excluding carboxylic acids is 1. The Hall–Kier alpha value is -2.71. The van der Waals surface area contributed by atoms with E-state index in [9.17, 15) is 24.1 Å². The molecule has 0 heterocycles. The second kappa shape index (κ2) is 8.23. The van der Waals surface area contributed by atoms with Gasteiger partial charge in [0, 0.05) is 26.2 Å². The zero-order valence-electron chi connectivity index (χ0n) is 13.6. The van der Waals surface area contributed by atoms with Gasteiger partial charge in [-0.2, -0.15) is 0 Å². The number of ether oxygens (including phenoxy) is 1. The first kappa shape index (κ1) is 19.3. The molecule has 0 amide bonds. The number of hydrogen-bond donors (Lipinski definition) is 1. The molecule has 0 aliphatic carbocycles. The Morgan fingerprint density at radius 3 is 2.50 bits per heavy atom. The average molecular weight is 342 g/mol. The largest absolute Gasteiger partial charge is 0.478 e. The number of nitrogens with zero attached hydrogens (tertiary/aromatic N) is 2. The van der Waals surface area contributed by atoms with E-state index in [2.05, 4.69) is 0 Å². The van der Waals surface area contributed by atoms with Crippen LogP contribution in [0.15, 0.2) is 12.1 Å². The van der Waals surface area contributed by atoms with Crippen LogP contribution < -0.4 is 9.64 Å². The number of unbranched alkanes of at least 4 members (excludes halogenated alkanes) is 1. The van der Waals surface area contributed by atoms with E-state index in [0.29, 0.717) is 12.8 Å². The Morgan fingerprint density at radius 1 is 1.42 bits per heavy atom. The van der Waals surface area contributed by atoms with Crippen molar-refractivity contribution >= 4 is 23.3 Å². The first-order chi connectivity index (χ1) is 11.2. The van der Waals surface area contributed by atoms with Gasteiger partial charge < -0.3 is 14.7 Å². The lowest BCUT2D eigenvalue weighted by Crippen LogP contribution is -2.23. The predicted molar refractivity (Wildman–Crippen MR) is 84.4 cm³/mol. The standard InChI is InChI=1S/C15H19FN2O6/c1-4-5-6-10(16)15(21)24-13-8-11(17(2)3)9(14(19)20)7-12(13)18(22)23/h7-8,10H,4-6H2,1-3H3,(H,19,20)/t10-/m1/s1. The third kappa shape index (κ3) is 4.64. The van der Waals surface area contributed by atoms with E-state index >= 15 is 0 Å². The monoisotopic (exact) mass is 342 g/mol. The number of alkyl halides is 1. The van der Waals surface area contributed by atoms with Gasteiger partial charge in [0.25, 0.3) is 0 Å². The summed E-state index contributed by atoms with van der Waals surface area (Å²) in [4.78, 5) is 34.6. The molecule has 132 valence electrons. The number of benzene rings is 1. The van der Waals surface area contributed by atoms with Gasteiger partial charge in [0.2, 0.25) is 5.75 Å². The van der Waals surface area contributed by atoms with Crippen molar-refractivity contribution in [3.05, 3.63) is 27.8 Å². The molecular formula is C15H19FN2O6. The molecule has 0 fully saturated rings. The number of halogens is 1. The number of rotatable bonds is 8. The lowest BCUT2D eigenvalue weighted by molar-refractivity contribution is -0.385. The van der Waals surface area contributed by atoms with Crippen LogP contribution in [0.1, 0.15) is 36.5 Å². The van der Waals surface area contributed by atoms with Crippen molar-refractivity contribution in [2.45, 2.75) is 32.4 Å². The molecule has 24 heavy (non-hydrogen) atoms. The number of nitro benzene ring substituents is 1. The van der Waals surface area contributed by atoms with Gasteiger partial charge in [0.15, 0.2) is 6.17 Å². The van der Waals surface area contributed by atoms with Crippen molar-refractivity contribution < 1.29 is 28.7 Å². The molecule has 8 nitrogen and oxygen atoms in total.